The molecule has 0 saturated carbocycles. The number of aliphatic imine (C=N–C) groups is 1. The van der Waals surface area contributed by atoms with Gasteiger partial charge in [-0.1, -0.05) is 12.1 Å². The second-order valence-corrected chi connectivity index (χ2v) is 2.37. The molecule has 0 aromatic heterocycles. The van der Waals surface area contributed by atoms with E-state index < -0.39 is 0 Å². The molecule has 0 fully saturated rings. The summed E-state index contributed by atoms with van der Waals surface area (Å²) >= 11 is 0. The van der Waals surface area contributed by atoms with E-state index in [4.69, 9.17) is 5.73 Å². The molecule has 0 bridgehead atoms. The highest BCUT2D eigenvalue weighted by Crippen LogP contribution is 2.12. The Labute approximate surface area is 66.8 Å². The van der Waals surface area contributed by atoms with Crippen LogP contribution in [0.15, 0.2) is 29.3 Å². The van der Waals surface area contributed by atoms with Crippen molar-refractivity contribution in [1.82, 2.24) is 0 Å². The van der Waals surface area contributed by atoms with Crippen LogP contribution in [0.3, 0.4) is 0 Å². The van der Waals surface area contributed by atoms with Crippen LogP contribution in [0.2, 0.25) is 0 Å². The van der Waals surface area contributed by atoms with Crippen molar-refractivity contribution < 1.29 is 0 Å². The summed E-state index contributed by atoms with van der Waals surface area (Å²) in [6.45, 7) is 4.13. The lowest BCUT2D eigenvalue weighted by Crippen LogP contribution is -2.01. The predicted octanol–water partition coefficient (Wildman–Crippen LogP) is 1.52. The van der Waals surface area contributed by atoms with Gasteiger partial charge in [0.1, 0.15) is 0 Å². The number of benzene rings is 1. The van der Waals surface area contributed by atoms with Crippen molar-refractivity contribution in [1.29, 1.82) is 0 Å². The maximum absolute atomic E-state index is 5.41. The van der Waals surface area contributed by atoms with Crippen LogP contribution < -0.4 is 5.73 Å². The lowest BCUT2D eigenvalue weighted by molar-refractivity contribution is 0.969. The lowest BCUT2D eigenvalue weighted by Gasteiger charge is -1.98. The van der Waals surface area contributed by atoms with Gasteiger partial charge in [-0.3, -0.25) is 4.99 Å². The van der Waals surface area contributed by atoms with E-state index in [-0.39, 0.29) is 0 Å². The number of rotatable bonds is 3. The lowest BCUT2D eigenvalue weighted by atomic mass is 10.1. The molecule has 0 saturated heterocycles. The number of hydrogen-bond donors (Lipinski definition) is 1. The maximum atomic E-state index is 5.41. The summed E-state index contributed by atoms with van der Waals surface area (Å²) in [6, 6.07) is 7.93. The van der Waals surface area contributed by atoms with Crippen LogP contribution in [-0.2, 0) is 6.42 Å². The van der Waals surface area contributed by atoms with Crippen molar-refractivity contribution in [3.8, 4) is 0 Å². The fourth-order valence-electron chi connectivity index (χ4n) is 0.977. The Balaban J connectivity index is 2.82. The highest BCUT2D eigenvalue weighted by atomic mass is 14.7. The normalized spacial score (nSPS) is 9.55. The van der Waals surface area contributed by atoms with Gasteiger partial charge >= 0.3 is 0 Å². The molecular formula is C9H12N2. The molecule has 0 aliphatic rings. The SMILES string of the molecule is C=Nc1cccc(CCN)c1. The molecule has 0 atom stereocenters. The van der Waals surface area contributed by atoms with Gasteiger partial charge in [-0.2, -0.15) is 0 Å². The molecule has 2 N–H and O–H groups in total. The van der Waals surface area contributed by atoms with Crippen LogP contribution in [0, 0.1) is 0 Å². The van der Waals surface area contributed by atoms with Crippen LogP contribution in [-0.4, -0.2) is 13.3 Å². The quantitative estimate of drug-likeness (QED) is 0.648. The highest BCUT2D eigenvalue weighted by molar-refractivity contribution is 5.46. The predicted molar refractivity (Wildman–Crippen MR) is 48.4 cm³/mol. The summed E-state index contributed by atoms with van der Waals surface area (Å²) in [5.41, 5.74) is 7.54. The zero-order chi connectivity index (χ0) is 8.10. The molecule has 11 heavy (non-hydrogen) atoms. The summed E-state index contributed by atoms with van der Waals surface area (Å²) in [5, 5.41) is 0. The molecular weight excluding hydrogens is 136 g/mol. The van der Waals surface area contributed by atoms with E-state index in [0.717, 1.165) is 12.1 Å². The van der Waals surface area contributed by atoms with E-state index in [0.29, 0.717) is 6.54 Å². The van der Waals surface area contributed by atoms with E-state index in [1.165, 1.54) is 5.56 Å². The van der Waals surface area contributed by atoms with E-state index >= 15 is 0 Å². The van der Waals surface area contributed by atoms with Gasteiger partial charge in [0.05, 0.1) is 5.69 Å². The van der Waals surface area contributed by atoms with Gasteiger partial charge in [0, 0.05) is 0 Å². The van der Waals surface area contributed by atoms with Crippen molar-refractivity contribution in [3.05, 3.63) is 29.8 Å². The van der Waals surface area contributed by atoms with Crippen LogP contribution >= 0.6 is 0 Å². The first kappa shape index (κ1) is 7.95. The van der Waals surface area contributed by atoms with Crippen LogP contribution in [0.5, 0.6) is 0 Å². The van der Waals surface area contributed by atoms with Crippen molar-refractivity contribution in [2.24, 2.45) is 10.7 Å². The second kappa shape index (κ2) is 3.88. The third kappa shape index (κ3) is 2.16. The first-order valence-electron chi connectivity index (χ1n) is 3.62. The Morgan fingerprint density at radius 3 is 2.91 bits per heavy atom. The maximum Gasteiger partial charge on any atom is 0.0625 e. The molecule has 0 aliphatic heterocycles. The van der Waals surface area contributed by atoms with Crippen LogP contribution in [0.25, 0.3) is 0 Å². The fraction of sp³-hybridized carbons (Fsp3) is 0.222. The van der Waals surface area contributed by atoms with Gasteiger partial charge in [0.15, 0.2) is 0 Å². The van der Waals surface area contributed by atoms with Gasteiger partial charge in [0.25, 0.3) is 0 Å². The zero-order valence-corrected chi connectivity index (χ0v) is 6.46. The minimum Gasteiger partial charge on any atom is -0.330 e. The number of nitrogens with two attached hydrogens (primary N) is 1. The van der Waals surface area contributed by atoms with E-state index in [1.807, 2.05) is 24.3 Å². The van der Waals surface area contributed by atoms with Gasteiger partial charge in [0.2, 0.25) is 0 Å². The van der Waals surface area contributed by atoms with Gasteiger partial charge in [-0.25, -0.2) is 0 Å². The largest absolute Gasteiger partial charge is 0.330 e. The molecule has 0 unspecified atom stereocenters. The van der Waals surface area contributed by atoms with E-state index in [9.17, 15) is 0 Å². The Kier molecular flexibility index (Phi) is 2.81. The Bertz CT molecular complexity index is 243. The Morgan fingerprint density at radius 2 is 2.27 bits per heavy atom. The summed E-state index contributed by atoms with van der Waals surface area (Å²) in [7, 11) is 0. The highest BCUT2D eigenvalue weighted by Gasteiger charge is 1.91. The smallest absolute Gasteiger partial charge is 0.0625 e. The van der Waals surface area contributed by atoms with Crippen molar-refractivity contribution in [3.63, 3.8) is 0 Å². The third-order valence-corrected chi connectivity index (χ3v) is 1.53. The van der Waals surface area contributed by atoms with Crippen LogP contribution in [0.4, 0.5) is 5.69 Å². The third-order valence-electron chi connectivity index (χ3n) is 1.53. The molecule has 1 rings (SSSR count). The molecule has 0 heterocycles. The van der Waals surface area contributed by atoms with E-state index in [2.05, 4.69) is 11.7 Å². The second-order valence-electron chi connectivity index (χ2n) is 2.37. The summed E-state index contributed by atoms with van der Waals surface area (Å²) in [4.78, 5) is 3.82. The average Bonchev–Trinajstić information content (AvgIpc) is 2.06. The average molecular weight is 148 g/mol. The summed E-state index contributed by atoms with van der Waals surface area (Å²) < 4.78 is 0. The first-order valence-corrected chi connectivity index (χ1v) is 3.62. The number of hydrogen-bond acceptors (Lipinski definition) is 2. The van der Waals surface area contributed by atoms with E-state index in [1.54, 1.807) is 0 Å². The molecule has 0 radical (unpaired) electrons. The molecule has 0 amide bonds. The first-order chi connectivity index (χ1) is 5.36. The standard InChI is InChI=1S/C9H12N2/c1-11-9-4-2-3-8(7-9)5-6-10/h2-4,7H,1,5-6,10H2. The van der Waals surface area contributed by atoms with Gasteiger partial charge < -0.3 is 5.73 Å². The van der Waals surface area contributed by atoms with Crippen molar-refractivity contribution in [2.45, 2.75) is 6.42 Å². The molecule has 58 valence electrons. The zero-order valence-electron chi connectivity index (χ0n) is 6.46. The summed E-state index contributed by atoms with van der Waals surface area (Å²) in [6.07, 6.45) is 0.906. The topological polar surface area (TPSA) is 38.4 Å². The molecule has 2 heteroatoms. The van der Waals surface area contributed by atoms with Gasteiger partial charge in [-0.05, 0) is 37.4 Å². The van der Waals surface area contributed by atoms with Crippen molar-refractivity contribution in [2.75, 3.05) is 6.54 Å². The van der Waals surface area contributed by atoms with Gasteiger partial charge in [-0.15, -0.1) is 0 Å². The molecule has 1 aromatic carbocycles. The minimum atomic E-state index is 0.681. The molecule has 1 aromatic rings. The van der Waals surface area contributed by atoms with Crippen molar-refractivity contribution >= 4 is 12.4 Å². The molecule has 0 aliphatic carbocycles. The molecule has 0 spiro atoms. The summed E-state index contributed by atoms with van der Waals surface area (Å²) in [5.74, 6) is 0. The number of nitrogens with zero attached hydrogens (tertiary/aromatic N) is 1. The fourth-order valence-corrected chi connectivity index (χ4v) is 0.977. The monoisotopic (exact) mass is 148 g/mol. The molecule has 2 nitrogen and oxygen atoms in total. The minimum absolute atomic E-state index is 0.681. The van der Waals surface area contributed by atoms with Crippen LogP contribution in [0.1, 0.15) is 5.56 Å². The Hall–Kier alpha value is -1.15. The Morgan fingerprint density at radius 1 is 1.45 bits per heavy atom.